The lowest BCUT2D eigenvalue weighted by molar-refractivity contribution is -0.115. The van der Waals surface area contributed by atoms with Crippen LogP contribution in [-0.4, -0.2) is 32.9 Å². The van der Waals surface area contributed by atoms with Crippen LogP contribution in [-0.2, 0) is 14.9 Å². The number of nitrogens with one attached hydrogen (secondary N) is 1. The summed E-state index contributed by atoms with van der Waals surface area (Å²) < 4.78 is 32.1. The van der Waals surface area contributed by atoms with Crippen LogP contribution in [0.5, 0.6) is 11.5 Å². The van der Waals surface area contributed by atoms with Gasteiger partial charge in [0, 0.05) is 0 Å². The molecule has 112 valence electrons. The monoisotopic (exact) mass is 329 g/mol. The van der Waals surface area contributed by atoms with E-state index in [2.05, 4.69) is 5.32 Å². The molecule has 1 aromatic rings. The number of thioether (sulfide) groups is 1. The van der Waals surface area contributed by atoms with Gasteiger partial charge in [0.05, 0.1) is 18.3 Å². The summed E-state index contributed by atoms with van der Waals surface area (Å²) >= 11 is 0.790. The van der Waals surface area contributed by atoms with Gasteiger partial charge in [-0.1, -0.05) is 6.07 Å². The Balaban J connectivity index is 2.33. The van der Waals surface area contributed by atoms with Gasteiger partial charge in [-0.25, -0.2) is 0 Å². The summed E-state index contributed by atoms with van der Waals surface area (Å²) in [4.78, 5) is 22.8. The van der Waals surface area contributed by atoms with Crippen molar-refractivity contribution in [1.29, 1.82) is 0 Å². The molecule has 1 fully saturated rings. The molecular formula is C12H11NO6S2. The van der Waals surface area contributed by atoms with E-state index in [0.29, 0.717) is 5.56 Å². The molecule has 2 amide bonds. The second kappa shape index (κ2) is 5.78. The fourth-order valence-electron chi connectivity index (χ4n) is 1.58. The number of carbonyl (C=O) groups excluding carboxylic acids is 2. The minimum absolute atomic E-state index is 0.0433. The van der Waals surface area contributed by atoms with E-state index in [1.54, 1.807) is 6.07 Å². The standard InChI is InChI=1S/C12H11NO6S2/c1-18-9-5-7(3-4-8(9)19-21(2,16)17)6-10-11(14)13-12(15)20-10/h3-6H,1-2H3,(H,13,14,15)/b10-6-. The number of hydrogen-bond donors (Lipinski definition) is 1. The highest BCUT2D eigenvalue weighted by Crippen LogP contribution is 2.32. The second-order valence-electron chi connectivity index (χ2n) is 4.05. The Hall–Kier alpha value is -2.00. The summed E-state index contributed by atoms with van der Waals surface area (Å²) in [6, 6.07) is 4.46. The first-order valence-corrected chi connectivity index (χ1v) is 8.24. The van der Waals surface area contributed by atoms with Gasteiger partial charge in [0.25, 0.3) is 11.1 Å². The minimum atomic E-state index is -3.67. The molecule has 0 spiro atoms. The summed E-state index contributed by atoms with van der Waals surface area (Å²) in [5.41, 5.74) is 0.569. The molecule has 0 saturated carbocycles. The number of ether oxygens (including phenoxy) is 1. The number of carbonyl (C=O) groups is 2. The lowest BCUT2D eigenvalue weighted by Crippen LogP contribution is -2.17. The zero-order chi connectivity index (χ0) is 15.6. The Morgan fingerprint density at radius 1 is 1.24 bits per heavy atom. The van der Waals surface area contributed by atoms with Crippen LogP contribution in [0.3, 0.4) is 0 Å². The van der Waals surface area contributed by atoms with Gasteiger partial charge in [-0.05, 0) is 35.5 Å². The van der Waals surface area contributed by atoms with E-state index in [1.165, 1.54) is 25.3 Å². The molecular weight excluding hydrogens is 318 g/mol. The van der Waals surface area contributed by atoms with Crippen LogP contribution in [0.2, 0.25) is 0 Å². The van der Waals surface area contributed by atoms with E-state index in [1.807, 2.05) is 0 Å². The van der Waals surface area contributed by atoms with Crippen LogP contribution in [0, 0.1) is 0 Å². The van der Waals surface area contributed by atoms with E-state index in [-0.39, 0.29) is 16.4 Å². The Morgan fingerprint density at radius 3 is 2.48 bits per heavy atom. The van der Waals surface area contributed by atoms with Crippen molar-refractivity contribution in [3.8, 4) is 11.5 Å². The zero-order valence-corrected chi connectivity index (χ0v) is 12.7. The lowest BCUT2D eigenvalue weighted by atomic mass is 10.2. The van der Waals surface area contributed by atoms with E-state index in [4.69, 9.17) is 8.92 Å². The molecule has 1 aliphatic heterocycles. The minimum Gasteiger partial charge on any atom is -0.493 e. The first-order chi connectivity index (χ1) is 9.78. The summed E-state index contributed by atoms with van der Waals surface area (Å²) in [6.45, 7) is 0. The molecule has 1 aromatic carbocycles. The normalized spacial score (nSPS) is 17.0. The van der Waals surface area contributed by atoms with Gasteiger partial charge in [-0.15, -0.1) is 0 Å². The number of imide groups is 1. The van der Waals surface area contributed by atoms with Crippen LogP contribution < -0.4 is 14.2 Å². The highest BCUT2D eigenvalue weighted by molar-refractivity contribution is 8.18. The number of methoxy groups -OCH3 is 1. The Kier molecular flexibility index (Phi) is 4.24. The number of amides is 2. The third-order valence-electron chi connectivity index (χ3n) is 2.37. The van der Waals surface area contributed by atoms with Crippen molar-refractivity contribution in [2.45, 2.75) is 0 Å². The van der Waals surface area contributed by atoms with Gasteiger partial charge in [-0.2, -0.15) is 8.42 Å². The summed E-state index contributed by atoms with van der Waals surface area (Å²) in [5, 5.41) is 1.70. The van der Waals surface area contributed by atoms with E-state index < -0.39 is 21.3 Å². The van der Waals surface area contributed by atoms with Crippen LogP contribution in [0.25, 0.3) is 6.08 Å². The highest BCUT2D eigenvalue weighted by atomic mass is 32.2. The number of benzene rings is 1. The topological polar surface area (TPSA) is 98.8 Å². The zero-order valence-electron chi connectivity index (χ0n) is 11.1. The quantitative estimate of drug-likeness (QED) is 0.657. The van der Waals surface area contributed by atoms with Crippen molar-refractivity contribution in [2.24, 2.45) is 0 Å². The highest BCUT2D eigenvalue weighted by Gasteiger charge is 2.25. The SMILES string of the molecule is COc1cc(/C=C2\SC(=O)NC2=O)ccc1OS(C)(=O)=O. The first kappa shape index (κ1) is 15.4. The molecule has 1 saturated heterocycles. The smallest absolute Gasteiger partial charge is 0.306 e. The average molecular weight is 329 g/mol. The average Bonchev–Trinajstić information content (AvgIpc) is 2.68. The molecule has 9 heteroatoms. The van der Waals surface area contributed by atoms with Crippen molar-refractivity contribution >= 4 is 39.1 Å². The third kappa shape index (κ3) is 3.99. The maximum absolute atomic E-state index is 11.4. The molecule has 1 aliphatic rings. The van der Waals surface area contributed by atoms with Crippen molar-refractivity contribution < 1.29 is 26.9 Å². The molecule has 7 nitrogen and oxygen atoms in total. The molecule has 21 heavy (non-hydrogen) atoms. The molecule has 0 atom stereocenters. The van der Waals surface area contributed by atoms with Crippen LogP contribution >= 0.6 is 11.8 Å². The third-order valence-corrected chi connectivity index (χ3v) is 3.66. The summed E-state index contributed by atoms with van der Waals surface area (Å²) in [6.07, 6.45) is 2.42. The van der Waals surface area contributed by atoms with E-state index in [9.17, 15) is 18.0 Å². The maximum atomic E-state index is 11.4. The molecule has 0 bridgehead atoms. The lowest BCUT2D eigenvalue weighted by Gasteiger charge is -2.09. The predicted molar refractivity (Wildman–Crippen MR) is 77.6 cm³/mol. The number of hydrogen-bond acceptors (Lipinski definition) is 7. The van der Waals surface area contributed by atoms with Gasteiger partial charge in [0.2, 0.25) is 0 Å². The molecule has 1 N–H and O–H groups in total. The molecule has 0 aliphatic carbocycles. The van der Waals surface area contributed by atoms with Crippen molar-refractivity contribution in [1.82, 2.24) is 5.32 Å². The van der Waals surface area contributed by atoms with Crippen LogP contribution in [0.1, 0.15) is 5.56 Å². The Labute approximate surface area is 125 Å². The molecule has 0 radical (unpaired) electrons. The predicted octanol–water partition coefficient (Wildman–Crippen LogP) is 1.36. The first-order valence-electron chi connectivity index (χ1n) is 5.61. The molecule has 2 rings (SSSR count). The summed E-state index contributed by atoms with van der Waals surface area (Å²) in [5.74, 6) is -0.230. The molecule has 1 heterocycles. The van der Waals surface area contributed by atoms with Crippen LogP contribution in [0.15, 0.2) is 23.1 Å². The fraction of sp³-hybridized carbons (Fsp3) is 0.167. The van der Waals surface area contributed by atoms with Gasteiger partial charge in [0.1, 0.15) is 0 Å². The second-order valence-corrected chi connectivity index (χ2v) is 6.64. The van der Waals surface area contributed by atoms with Crippen molar-refractivity contribution in [2.75, 3.05) is 13.4 Å². The van der Waals surface area contributed by atoms with Gasteiger partial charge < -0.3 is 8.92 Å². The van der Waals surface area contributed by atoms with Gasteiger partial charge >= 0.3 is 10.1 Å². The molecule has 0 aromatic heterocycles. The number of rotatable bonds is 4. The van der Waals surface area contributed by atoms with Crippen LogP contribution in [0.4, 0.5) is 4.79 Å². The Morgan fingerprint density at radius 2 is 1.95 bits per heavy atom. The fourth-order valence-corrected chi connectivity index (χ4v) is 2.72. The van der Waals surface area contributed by atoms with Crippen molar-refractivity contribution in [3.05, 3.63) is 28.7 Å². The van der Waals surface area contributed by atoms with Gasteiger partial charge in [-0.3, -0.25) is 14.9 Å². The van der Waals surface area contributed by atoms with Crippen molar-refractivity contribution in [3.63, 3.8) is 0 Å². The largest absolute Gasteiger partial charge is 0.493 e. The Bertz CT molecular complexity index is 738. The maximum Gasteiger partial charge on any atom is 0.306 e. The van der Waals surface area contributed by atoms with E-state index in [0.717, 1.165) is 18.0 Å². The molecule has 0 unspecified atom stereocenters. The summed E-state index contributed by atoms with van der Waals surface area (Å²) in [7, 11) is -2.31. The van der Waals surface area contributed by atoms with E-state index >= 15 is 0 Å². The van der Waals surface area contributed by atoms with Gasteiger partial charge in [0.15, 0.2) is 11.5 Å².